The summed E-state index contributed by atoms with van der Waals surface area (Å²) < 4.78 is 0. The Morgan fingerprint density at radius 2 is 0.552 bits per heavy atom. The summed E-state index contributed by atoms with van der Waals surface area (Å²) in [4.78, 5) is 0. The highest BCUT2D eigenvalue weighted by atomic mass is 14.2. The van der Waals surface area contributed by atoms with Gasteiger partial charge in [0.1, 0.15) is 0 Å². The molecule has 270 valence electrons. The van der Waals surface area contributed by atoms with Crippen LogP contribution in [0.25, 0.3) is 110 Å². The minimum atomic E-state index is 1.20. The van der Waals surface area contributed by atoms with E-state index in [2.05, 4.69) is 231 Å². The standard InChI is InChI=1S/C58H38/c1-2-14-43(15-3-1)51-18-8-9-19-52(51)50-34-35-55-56(38-50)58(45-30-24-42(25-31-45)49-33-27-40-13-5-7-17-47(40)37-49)54-21-11-10-20-53(54)57(55)44-28-22-41(23-29-44)48-32-26-39-12-4-6-16-46(39)36-48/h1-38H. The zero-order valence-electron chi connectivity index (χ0n) is 31.9. The highest BCUT2D eigenvalue weighted by Crippen LogP contribution is 2.46. The van der Waals surface area contributed by atoms with E-state index in [1.54, 1.807) is 0 Å². The monoisotopic (exact) mass is 734 g/mol. The van der Waals surface area contributed by atoms with Gasteiger partial charge in [0.15, 0.2) is 0 Å². The van der Waals surface area contributed by atoms with Crippen molar-refractivity contribution in [3.63, 3.8) is 0 Å². The third-order valence-corrected chi connectivity index (χ3v) is 11.9. The van der Waals surface area contributed by atoms with Gasteiger partial charge < -0.3 is 0 Å². The van der Waals surface area contributed by atoms with Gasteiger partial charge in [0.25, 0.3) is 0 Å². The SMILES string of the molecule is c1ccc(-c2ccccc2-c2ccc3c(-c4ccc(-c5ccc6ccccc6c5)cc4)c4ccccc4c(-c4ccc(-c5ccc6ccccc6c5)cc4)c3c2)cc1. The van der Waals surface area contributed by atoms with Gasteiger partial charge in [-0.15, -0.1) is 0 Å². The van der Waals surface area contributed by atoms with Crippen molar-refractivity contribution in [1.29, 1.82) is 0 Å². The van der Waals surface area contributed by atoms with E-state index < -0.39 is 0 Å². The molecule has 11 aromatic carbocycles. The second kappa shape index (κ2) is 14.2. The summed E-state index contributed by atoms with van der Waals surface area (Å²) in [5, 5.41) is 10.0. The van der Waals surface area contributed by atoms with Crippen LogP contribution in [0.3, 0.4) is 0 Å². The Morgan fingerprint density at radius 3 is 1.10 bits per heavy atom. The fourth-order valence-electron chi connectivity index (χ4n) is 8.97. The first kappa shape index (κ1) is 33.8. The van der Waals surface area contributed by atoms with Crippen LogP contribution in [0.4, 0.5) is 0 Å². The molecule has 11 rings (SSSR count). The topological polar surface area (TPSA) is 0 Å². The van der Waals surface area contributed by atoms with Crippen molar-refractivity contribution in [2.45, 2.75) is 0 Å². The molecule has 0 aromatic heterocycles. The molecule has 0 heterocycles. The van der Waals surface area contributed by atoms with Gasteiger partial charge in [-0.25, -0.2) is 0 Å². The van der Waals surface area contributed by atoms with E-state index in [1.165, 1.54) is 110 Å². The van der Waals surface area contributed by atoms with E-state index in [9.17, 15) is 0 Å². The first-order chi connectivity index (χ1) is 28.7. The van der Waals surface area contributed by atoms with Gasteiger partial charge in [-0.3, -0.25) is 0 Å². The lowest BCUT2D eigenvalue weighted by Crippen LogP contribution is -1.93. The minimum absolute atomic E-state index is 1.20. The largest absolute Gasteiger partial charge is 0.0622 e. The maximum atomic E-state index is 2.43. The molecule has 0 radical (unpaired) electrons. The van der Waals surface area contributed by atoms with E-state index >= 15 is 0 Å². The zero-order chi connectivity index (χ0) is 38.4. The Bertz CT molecular complexity index is 3300. The van der Waals surface area contributed by atoms with Crippen molar-refractivity contribution in [2.75, 3.05) is 0 Å². The Morgan fingerprint density at radius 1 is 0.172 bits per heavy atom. The molecule has 0 N–H and O–H groups in total. The Balaban J connectivity index is 1.11. The van der Waals surface area contributed by atoms with Crippen molar-refractivity contribution < 1.29 is 0 Å². The highest BCUT2D eigenvalue weighted by molar-refractivity contribution is 6.22. The molecule has 0 atom stereocenters. The molecule has 0 saturated heterocycles. The molecule has 0 aliphatic heterocycles. The lowest BCUT2D eigenvalue weighted by Gasteiger charge is -2.20. The quantitative estimate of drug-likeness (QED) is 0.149. The minimum Gasteiger partial charge on any atom is -0.0622 e. The fraction of sp³-hybridized carbons (Fsp3) is 0. The molecule has 0 fully saturated rings. The summed E-state index contributed by atoms with van der Waals surface area (Å²) in [6, 6.07) is 84.6. The Labute approximate surface area is 339 Å². The molecule has 0 unspecified atom stereocenters. The molecule has 58 heavy (non-hydrogen) atoms. The Kier molecular flexibility index (Phi) is 8.26. The lowest BCUT2D eigenvalue weighted by atomic mass is 9.84. The molecule has 0 spiro atoms. The second-order valence-electron chi connectivity index (χ2n) is 15.2. The fourth-order valence-corrected chi connectivity index (χ4v) is 8.97. The molecule has 11 aromatic rings. The van der Waals surface area contributed by atoms with Crippen LogP contribution in [0.15, 0.2) is 231 Å². The van der Waals surface area contributed by atoms with E-state index in [-0.39, 0.29) is 0 Å². The van der Waals surface area contributed by atoms with Gasteiger partial charge in [0.2, 0.25) is 0 Å². The van der Waals surface area contributed by atoms with Crippen LogP contribution in [0, 0.1) is 0 Å². The van der Waals surface area contributed by atoms with Crippen molar-refractivity contribution in [2.24, 2.45) is 0 Å². The molecule has 0 aliphatic rings. The number of rotatable bonds is 6. The van der Waals surface area contributed by atoms with Crippen molar-refractivity contribution >= 4 is 43.1 Å². The van der Waals surface area contributed by atoms with Crippen LogP contribution >= 0.6 is 0 Å². The second-order valence-corrected chi connectivity index (χ2v) is 15.2. The average molecular weight is 735 g/mol. The van der Waals surface area contributed by atoms with Crippen molar-refractivity contribution in [3.05, 3.63) is 231 Å². The molecule has 0 aliphatic carbocycles. The number of fused-ring (bicyclic) bond motifs is 4. The summed E-state index contributed by atoms with van der Waals surface area (Å²) in [5.41, 5.74) is 14.7. The van der Waals surface area contributed by atoms with Crippen molar-refractivity contribution in [3.8, 4) is 66.8 Å². The summed E-state index contributed by atoms with van der Waals surface area (Å²) >= 11 is 0. The molecule has 0 saturated carbocycles. The molecule has 0 bridgehead atoms. The van der Waals surface area contributed by atoms with Crippen LogP contribution in [0.2, 0.25) is 0 Å². The Hall–Kier alpha value is -7.54. The maximum absolute atomic E-state index is 2.43. The van der Waals surface area contributed by atoms with Crippen LogP contribution in [0.1, 0.15) is 0 Å². The third kappa shape index (κ3) is 5.95. The molecule has 0 nitrogen and oxygen atoms in total. The van der Waals surface area contributed by atoms with Gasteiger partial charge in [0.05, 0.1) is 0 Å². The van der Waals surface area contributed by atoms with Crippen LogP contribution in [-0.2, 0) is 0 Å². The van der Waals surface area contributed by atoms with Crippen LogP contribution < -0.4 is 0 Å². The van der Waals surface area contributed by atoms with E-state index in [0.29, 0.717) is 0 Å². The molecule has 0 amide bonds. The van der Waals surface area contributed by atoms with E-state index in [0.717, 1.165) is 0 Å². The number of hydrogen-bond donors (Lipinski definition) is 0. The predicted molar refractivity (Wildman–Crippen MR) is 249 cm³/mol. The lowest BCUT2D eigenvalue weighted by molar-refractivity contribution is 1.59. The third-order valence-electron chi connectivity index (χ3n) is 11.9. The van der Waals surface area contributed by atoms with Crippen LogP contribution in [0.5, 0.6) is 0 Å². The van der Waals surface area contributed by atoms with Gasteiger partial charge >= 0.3 is 0 Å². The average Bonchev–Trinajstić information content (AvgIpc) is 3.30. The van der Waals surface area contributed by atoms with E-state index in [1.807, 2.05) is 0 Å². The summed E-state index contributed by atoms with van der Waals surface area (Å²) in [6.07, 6.45) is 0. The molecular weight excluding hydrogens is 697 g/mol. The van der Waals surface area contributed by atoms with Crippen LogP contribution in [-0.4, -0.2) is 0 Å². The van der Waals surface area contributed by atoms with Gasteiger partial charge in [-0.05, 0) is 128 Å². The smallest absolute Gasteiger partial charge is 0.00261 e. The molecular formula is C58H38. The molecule has 0 heteroatoms. The number of benzene rings is 11. The zero-order valence-corrected chi connectivity index (χ0v) is 31.9. The first-order valence-electron chi connectivity index (χ1n) is 20.1. The predicted octanol–water partition coefficient (Wildman–Crippen LogP) is 16.3. The maximum Gasteiger partial charge on any atom is -0.00261 e. The normalized spacial score (nSPS) is 11.4. The summed E-state index contributed by atoms with van der Waals surface area (Å²) in [5.74, 6) is 0. The highest BCUT2D eigenvalue weighted by Gasteiger charge is 2.19. The summed E-state index contributed by atoms with van der Waals surface area (Å²) in [6.45, 7) is 0. The van der Waals surface area contributed by atoms with Gasteiger partial charge in [-0.2, -0.15) is 0 Å². The van der Waals surface area contributed by atoms with Gasteiger partial charge in [-0.1, -0.05) is 212 Å². The van der Waals surface area contributed by atoms with Crippen molar-refractivity contribution in [1.82, 2.24) is 0 Å². The summed E-state index contributed by atoms with van der Waals surface area (Å²) in [7, 11) is 0. The first-order valence-corrected chi connectivity index (χ1v) is 20.1. The van der Waals surface area contributed by atoms with Gasteiger partial charge in [0, 0.05) is 0 Å². The van der Waals surface area contributed by atoms with E-state index in [4.69, 9.17) is 0 Å². The number of hydrogen-bond acceptors (Lipinski definition) is 0.